The number of benzene rings is 2. The van der Waals surface area contributed by atoms with E-state index >= 15 is 0 Å². The molecule has 0 N–H and O–H groups in total. The fourth-order valence-corrected chi connectivity index (χ4v) is 6.35. The first-order chi connectivity index (χ1) is 14.7. The van der Waals surface area contributed by atoms with Crippen LogP contribution in [0.4, 0.5) is 5.13 Å². The van der Waals surface area contributed by atoms with Gasteiger partial charge < -0.3 is 0 Å². The summed E-state index contributed by atoms with van der Waals surface area (Å²) < 4.78 is 27.2. The molecule has 1 aromatic heterocycles. The molecule has 2 heterocycles. The third-order valence-corrected chi connectivity index (χ3v) is 8.17. The quantitative estimate of drug-likeness (QED) is 0.574. The van der Waals surface area contributed by atoms with Gasteiger partial charge in [-0.15, -0.1) is 0 Å². The zero-order chi connectivity index (χ0) is 22.2. The highest BCUT2D eigenvalue weighted by Gasteiger charge is 2.38. The van der Waals surface area contributed by atoms with Gasteiger partial charge >= 0.3 is 0 Å². The van der Waals surface area contributed by atoms with Crippen molar-refractivity contribution >= 4 is 42.6 Å². The van der Waals surface area contributed by atoms with E-state index in [4.69, 9.17) is 4.98 Å². The van der Waals surface area contributed by atoms with Crippen LogP contribution in [0.5, 0.6) is 0 Å². The van der Waals surface area contributed by atoms with Gasteiger partial charge in [-0.25, -0.2) is 13.4 Å². The van der Waals surface area contributed by atoms with E-state index in [0.29, 0.717) is 24.6 Å². The number of amides is 1. The molecule has 0 radical (unpaired) electrons. The molecule has 31 heavy (non-hydrogen) atoms. The second kappa shape index (κ2) is 8.68. The first-order valence-corrected chi connectivity index (χ1v) is 13.1. The van der Waals surface area contributed by atoms with Crippen molar-refractivity contribution < 1.29 is 13.2 Å². The summed E-state index contributed by atoms with van der Waals surface area (Å²) in [6, 6.07) is 13.2. The lowest BCUT2D eigenvalue weighted by atomic mass is 10.0. The van der Waals surface area contributed by atoms with Gasteiger partial charge in [0.2, 0.25) is 15.9 Å². The second-order valence-electron chi connectivity index (χ2n) is 8.22. The number of anilines is 1. The number of hydrogen-bond donors (Lipinski definition) is 0. The van der Waals surface area contributed by atoms with Gasteiger partial charge in [0, 0.05) is 6.54 Å². The van der Waals surface area contributed by atoms with Gasteiger partial charge in [0.05, 0.1) is 23.0 Å². The van der Waals surface area contributed by atoms with Crippen LogP contribution in [0.25, 0.3) is 10.2 Å². The standard InChI is InChI=1S/C23H27N3O3S2/c1-16-13-17(2)21-19(14-16)24-23(30-21)25(15-18-9-5-4-6-10-18)22(27)20-11-7-8-12-26(20)31(3,28)29/h4-6,9-10,13-14,20H,7-8,11-12,15H2,1-3H3. The first-order valence-electron chi connectivity index (χ1n) is 10.4. The lowest BCUT2D eigenvalue weighted by Crippen LogP contribution is -2.52. The van der Waals surface area contributed by atoms with Crippen molar-refractivity contribution in [2.75, 3.05) is 17.7 Å². The SMILES string of the molecule is Cc1cc(C)c2sc(N(Cc3ccccc3)C(=O)C3CCCCN3S(C)(=O)=O)nc2c1. The average Bonchev–Trinajstić information content (AvgIpc) is 3.16. The molecule has 1 atom stereocenters. The highest BCUT2D eigenvalue weighted by Crippen LogP contribution is 2.34. The van der Waals surface area contributed by atoms with Crippen LogP contribution in [0.2, 0.25) is 0 Å². The number of hydrogen-bond acceptors (Lipinski definition) is 5. The van der Waals surface area contributed by atoms with Crippen molar-refractivity contribution in [3.8, 4) is 0 Å². The molecule has 0 spiro atoms. The van der Waals surface area contributed by atoms with E-state index in [1.165, 1.54) is 21.9 Å². The van der Waals surface area contributed by atoms with E-state index < -0.39 is 16.1 Å². The highest BCUT2D eigenvalue weighted by molar-refractivity contribution is 7.88. The minimum atomic E-state index is -3.48. The molecule has 6 nitrogen and oxygen atoms in total. The van der Waals surface area contributed by atoms with Gasteiger partial charge in [-0.05, 0) is 49.4 Å². The number of aryl methyl sites for hydroxylation is 2. The van der Waals surface area contributed by atoms with Crippen molar-refractivity contribution in [2.45, 2.75) is 45.7 Å². The van der Waals surface area contributed by atoms with E-state index in [1.807, 2.05) is 50.2 Å². The molecule has 164 valence electrons. The van der Waals surface area contributed by atoms with E-state index in [2.05, 4.69) is 6.07 Å². The van der Waals surface area contributed by atoms with Crippen molar-refractivity contribution in [2.24, 2.45) is 0 Å². The maximum Gasteiger partial charge on any atom is 0.247 e. The maximum atomic E-state index is 13.8. The Hall–Kier alpha value is -2.29. The molecular weight excluding hydrogens is 430 g/mol. The van der Waals surface area contributed by atoms with E-state index in [1.54, 1.807) is 4.90 Å². The summed E-state index contributed by atoms with van der Waals surface area (Å²) in [7, 11) is -3.48. The predicted octanol–water partition coefficient (Wildman–Crippen LogP) is 4.26. The topological polar surface area (TPSA) is 70.6 Å². The summed E-state index contributed by atoms with van der Waals surface area (Å²) in [6.45, 7) is 4.82. The van der Waals surface area contributed by atoms with Gasteiger partial charge in [0.1, 0.15) is 6.04 Å². The molecule has 1 amide bonds. The van der Waals surface area contributed by atoms with Gasteiger partial charge in [0.25, 0.3) is 0 Å². The summed E-state index contributed by atoms with van der Waals surface area (Å²) in [5.41, 5.74) is 4.09. The normalized spacial score (nSPS) is 17.7. The number of thiazole rings is 1. The molecule has 0 bridgehead atoms. The highest BCUT2D eigenvalue weighted by atomic mass is 32.2. The molecule has 2 aromatic carbocycles. The number of rotatable bonds is 5. The molecule has 8 heteroatoms. The largest absolute Gasteiger partial charge is 0.282 e. The molecule has 0 aliphatic carbocycles. The van der Waals surface area contributed by atoms with Crippen LogP contribution in [-0.4, -0.2) is 42.5 Å². The van der Waals surface area contributed by atoms with Gasteiger partial charge in [-0.3, -0.25) is 9.69 Å². The zero-order valence-electron chi connectivity index (χ0n) is 18.0. The summed E-state index contributed by atoms with van der Waals surface area (Å²) in [5.74, 6) is -0.206. The number of carbonyl (C=O) groups is 1. The van der Waals surface area contributed by atoms with Crippen LogP contribution in [0, 0.1) is 13.8 Å². The van der Waals surface area contributed by atoms with Crippen LogP contribution in [0.1, 0.15) is 36.0 Å². The number of fused-ring (bicyclic) bond motifs is 1. The van der Waals surface area contributed by atoms with Crippen LogP contribution < -0.4 is 4.90 Å². The lowest BCUT2D eigenvalue weighted by Gasteiger charge is -2.35. The fourth-order valence-electron chi connectivity index (χ4n) is 4.21. The number of nitrogens with zero attached hydrogens (tertiary/aromatic N) is 3. The second-order valence-corrected chi connectivity index (χ2v) is 11.1. The minimum absolute atomic E-state index is 0.206. The molecule has 1 unspecified atom stereocenters. The summed E-state index contributed by atoms with van der Waals surface area (Å²) in [5, 5.41) is 0.608. The van der Waals surface area contributed by atoms with Crippen molar-refractivity contribution in [1.29, 1.82) is 0 Å². The van der Waals surface area contributed by atoms with E-state index in [-0.39, 0.29) is 5.91 Å². The van der Waals surface area contributed by atoms with Crippen molar-refractivity contribution in [3.05, 3.63) is 59.2 Å². The van der Waals surface area contributed by atoms with E-state index in [0.717, 1.165) is 39.7 Å². The summed E-state index contributed by atoms with van der Waals surface area (Å²) in [4.78, 5) is 20.2. The Labute approximate surface area is 187 Å². The Bertz CT molecular complexity index is 1210. The Morgan fingerprint density at radius 3 is 2.65 bits per heavy atom. The van der Waals surface area contributed by atoms with Gasteiger partial charge in [-0.2, -0.15) is 4.31 Å². The summed E-state index contributed by atoms with van der Waals surface area (Å²) in [6.07, 6.45) is 3.32. The number of sulfonamides is 1. The Morgan fingerprint density at radius 1 is 1.19 bits per heavy atom. The van der Waals surface area contributed by atoms with Gasteiger partial charge in [-0.1, -0.05) is 54.2 Å². The fraction of sp³-hybridized carbons (Fsp3) is 0.391. The molecule has 1 saturated heterocycles. The third kappa shape index (κ3) is 4.66. The minimum Gasteiger partial charge on any atom is -0.282 e. The van der Waals surface area contributed by atoms with Crippen molar-refractivity contribution in [3.63, 3.8) is 0 Å². The maximum absolute atomic E-state index is 13.8. The molecular formula is C23H27N3O3S2. The predicted molar refractivity (Wildman–Crippen MR) is 126 cm³/mol. The Kier molecular flexibility index (Phi) is 6.14. The smallest absolute Gasteiger partial charge is 0.247 e. The lowest BCUT2D eigenvalue weighted by molar-refractivity contribution is -0.123. The first kappa shape index (κ1) is 21.9. The number of piperidine rings is 1. The molecule has 1 fully saturated rings. The third-order valence-electron chi connectivity index (χ3n) is 5.65. The van der Waals surface area contributed by atoms with Gasteiger partial charge in [0.15, 0.2) is 5.13 Å². The molecule has 1 aliphatic rings. The van der Waals surface area contributed by atoms with Crippen LogP contribution in [0.15, 0.2) is 42.5 Å². The number of carbonyl (C=O) groups excluding carboxylic acids is 1. The molecule has 1 aliphatic heterocycles. The molecule has 0 saturated carbocycles. The average molecular weight is 458 g/mol. The van der Waals surface area contributed by atoms with Crippen LogP contribution in [0.3, 0.4) is 0 Å². The monoisotopic (exact) mass is 457 g/mol. The van der Waals surface area contributed by atoms with E-state index in [9.17, 15) is 13.2 Å². The molecule has 3 aromatic rings. The Balaban J connectivity index is 1.77. The Morgan fingerprint density at radius 2 is 1.94 bits per heavy atom. The zero-order valence-corrected chi connectivity index (χ0v) is 19.7. The van der Waals surface area contributed by atoms with Crippen LogP contribution >= 0.6 is 11.3 Å². The van der Waals surface area contributed by atoms with Crippen LogP contribution in [-0.2, 0) is 21.4 Å². The molecule has 4 rings (SSSR count). The summed E-state index contributed by atoms with van der Waals surface area (Å²) >= 11 is 1.49. The number of aromatic nitrogens is 1. The van der Waals surface area contributed by atoms with Crippen molar-refractivity contribution in [1.82, 2.24) is 9.29 Å².